The number of carbonyl (C=O) groups excluding carboxylic acids is 2. The number of piperidine rings is 2. The van der Waals surface area contributed by atoms with Crippen LogP contribution in [0.25, 0.3) is 0 Å². The lowest BCUT2D eigenvalue weighted by molar-refractivity contribution is -0.138. The van der Waals surface area contributed by atoms with Crippen LogP contribution < -0.4 is 5.48 Å². The maximum Gasteiger partial charge on any atom is 0.410 e. The molecule has 0 bridgehead atoms. The molecule has 10 nitrogen and oxygen atoms in total. The van der Waals surface area contributed by atoms with E-state index >= 15 is 0 Å². The summed E-state index contributed by atoms with van der Waals surface area (Å²) in [4.78, 5) is 28.5. The molecule has 3 aliphatic heterocycles. The predicted octanol–water partition coefficient (Wildman–Crippen LogP) is 1.53. The van der Waals surface area contributed by atoms with Crippen LogP contribution >= 0.6 is 0 Å². The van der Waals surface area contributed by atoms with Gasteiger partial charge in [-0.25, -0.2) is 14.7 Å². The van der Waals surface area contributed by atoms with Gasteiger partial charge in [-0.1, -0.05) is 12.1 Å². The minimum Gasteiger partial charge on any atom is -0.444 e. The first kappa shape index (κ1) is 25.5. The Morgan fingerprint density at radius 2 is 1.71 bits per heavy atom. The monoisotopic (exact) mass is 511 g/mol. The fourth-order valence-electron chi connectivity index (χ4n) is 5.26. The number of nitrogens with zero attached hydrogens (tertiary/aromatic N) is 2. The van der Waals surface area contributed by atoms with E-state index in [2.05, 4.69) is 0 Å². The molecular weight excluding hydrogens is 481 g/mol. The molecule has 0 saturated carbocycles. The van der Waals surface area contributed by atoms with Crippen LogP contribution in [0, 0.1) is 11.2 Å². The van der Waals surface area contributed by atoms with Crippen molar-refractivity contribution in [1.82, 2.24) is 15.3 Å². The van der Waals surface area contributed by atoms with Crippen LogP contribution in [0.15, 0.2) is 24.3 Å². The molecule has 4 rings (SSSR count). The summed E-state index contributed by atoms with van der Waals surface area (Å²) >= 11 is 0. The van der Waals surface area contributed by atoms with Crippen molar-refractivity contribution >= 4 is 27.3 Å². The maximum atomic E-state index is 13.3. The summed E-state index contributed by atoms with van der Waals surface area (Å²) in [7, 11) is -2.72. The summed E-state index contributed by atoms with van der Waals surface area (Å²) in [6.45, 7) is 1.86. The van der Waals surface area contributed by atoms with Crippen LogP contribution in [-0.2, 0) is 24.6 Å². The minimum absolute atomic E-state index is 0.0247. The number of rotatable bonds is 4. The zero-order valence-corrected chi connectivity index (χ0v) is 20.1. The summed E-state index contributed by atoms with van der Waals surface area (Å²) in [5.41, 5.74) is 1.13. The van der Waals surface area contributed by atoms with E-state index < -0.39 is 27.7 Å². The van der Waals surface area contributed by atoms with Gasteiger partial charge in [-0.05, 0) is 49.3 Å². The first-order valence-electron chi connectivity index (χ1n) is 11.8. The highest BCUT2D eigenvalue weighted by Crippen LogP contribution is 2.37. The number of ether oxygens (including phenoxy) is 2. The second-order valence-electron chi connectivity index (χ2n) is 9.23. The van der Waals surface area contributed by atoms with E-state index in [9.17, 15) is 27.6 Å². The minimum atomic E-state index is -2.72. The Morgan fingerprint density at radius 1 is 1.06 bits per heavy atom. The quantitative estimate of drug-likeness (QED) is 0.354. The van der Waals surface area contributed by atoms with Crippen molar-refractivity contribution < 1.29 is 37.1 Å². The van der Waals surface area contributed by atoms with Gasteiger partial charge in [0.05, 0.1) is 13.2 Å². The zero-order valence-electron chi connectivity index (χ0n) is 19.3. The second kappa shape index (κ2) is 11.0. The van der Waals surface area contributed by atoms with Gasteiger partial charge in [-0.2, -0.15) is 8.42 Å². The number of nitrogens with one attached hydrogen (secondary N) is 1. The van der Waals surface area contributed by atoms with Crippen LogP contribution in [-0.4, -0.2) is 85.9 Å². The average Bonchev–Trinajstić information content (AvgIpc) is 3.38. The largest absolute Gasteiger partial charge is 0.444 e. The van der Waals surface area contributed by atoms with E-state index in [1.54, 1.807) is 22.5 Å². The highest BCUT2D eigenvalue weighted by Gasteiger charge is 2.50. The van der Waals surface area contributed by atoms with Gasteiger partial charge in [0.2, 0.25) is 10.3 Å². The number of halogens is 1. The van der Waals surface area contributed by atoms with E-state index in [4.69, 9.17) is 9.47 Å². The van der Waals surface area contributed by atoms with E-state index in [0.29, 0.717) is 45.6 Å². The molecule has 3 fully saturated rings. The molecular formula is C23H30FN3O7S. The maximum absolute atomic E-state index is 13.3. The number of carbonyl (C=O) groups is 2. The zero-order chi connectivity index (χ0) is 25.0. The number of hydroxylamine groups is 1. The molecule has 1 unspecified atom stereocenters. The Bertz CT molecular complexity index is 1050. The molecule has 1 aromatic carbocycles. The summed E-state index contributed by atoms with van der Waals surface area (Å²) in [5, 5.41) is 9.48. The molecule has 0 aliphatic carbocycles. The fraction of sp³-hybridized carbons (Fsp3) is 0.609. The van der Waals surface area contributed by atoms with Gasteiger partial charge in [0.15, 0.2) is 0 Å². The second-order valence-corrected chi connectivity index (χ2v) is 10.1. The Kier molecular flexibility index (Phi) is 8.05. The Balaban J connectivity index is 1.47. The lowest BCUT2D eigenvalue weighted by Gasteiger charge is -2.43. The number of hydrogen-bond donors (Lipinski definition) is 2. The van der Waals surface area contributed by atoms with E-state index in [1.165, 1.54) is 17.0 Å². The molecule has 3 aliphatic rings. The van der Waals surface area contributed by atoms with Crippen molar-refractivity contribution in [3.63, 3.8) is 0 Å². The molecule has 3 heterocycles. The molecule has 1 aromatic rings. The molecule has 2 N–H and O–H groups in total. The number of likely N-dealkylation sites (tertiary alicyclic amines) is 2. The number of benzene rings is 1. The highest BCUT2D eigenvalue weighted by atomic mass is 32.2. The smallest absolute Gasteiger partial charge is 0.410 e. The number of amides is 2. The van der Waals surface area contributed by atoms with E-state index in [0.717, 1.165) is 5.56 Å². The van der Waals surface area contributed by atoms with Crippen LogP contribution in [0.2, 0.25) is 0 Å². The first-order valence-corrected chi connectivity index (χ1v) is 12.9. The summed E-state index contributed by atoms with van der Waals surface area (Å²) < 4.78 is 48.8. The fourth-order valence-corrected chi connectivity index (χ4v) is 6.27. The standard InChI is InChI=1S/C23H30FN3O7S/c24-18-3-1-16(2-4-18)17-5-10-26(11-6-17)21(35(31)32)23(20(28)25-30)8-12-27(13-9-23)22(29)34-19-7-14-33-15-19/h1-4,17,19,30H,5-15H2,(H,25,28). The lowest BCUT2D eigenvalue weighted by atomic mass is 9.76. The molecule has 192 valence electrons. The third-order valence-electron chi connectivity index (χ3n) is 7.26. The Labute approximate surface area is 204 Å². The summed E-state index contributed by atoms with van der Waals surface area (Å²) in [6.07, 6.45) is 1.10. The van der Waals surface area contributed by atoms with Gasteiger partial charge in [0, 0.05) is 32.6 Å². The highest BCUT2D eigenvalue weighted by molar-refractivity contribution is 7.73. The van der Waals surface area contributed by atoms with Crippen LogP contribution in [0.3, 0.4) is 0 Å². The van der Waals surface area contributed by atoms with Crippen LogP contribution in [0.4, 0.5) is 9.18 Å². The molecule has 35 heavy (non-hydrogen) atoms. The molecule has 1 atom stereocenters. The normalized spacial score (nSPS) is 23.0. The Hall–Kier alpha value is -2.54. The van der Waals surface area contributed by atoms with Gasteiger partial charge in [0.1, 0.15) is 22.3 Å². The number of hydrogen-bond acceptors (Lipinski definition) is 7. The van der Waals surface area contributed by atoms with Gasteiger partial charge >= 0.3 is 6.09 Å². The summed E-state index contributed by atoms with van der Waals surface area (Å²) in [5.74, 6) is -0.978. The predicted molar refractivity (Wildman–Crippen MR) is 123 cm³/mol. The third-order valence-corrected chi connectivity index (χ3v) is 8.22. The molecule has 2 amide bonds. The average molecular weight is 512 g/mol. The van der Waals surface area contributed by atoms with Crippen molar-refractivity contribution in [2.24, 2.45) is 5.41 Å². The van der Waals surface area contributed by atoms with Gasteiger partial charge in [-0.3, -0.25) is 14.9 Å². The van der Waals surface area contributed by atoms with Gasteiger partial charge < -0.3 is 14.4 Å². The van der Waals surface area contributed by atoms with Crippen molar-refractivity contribution in [3.8, 4) is 0 Å². The van der Waals surface area contributed by atoms with Gasteiger partial charge in [0.25, 0.3) is 5.91 Å². The topological polar surface area (TPSA) is 125 Å². The van der Waals surface area contributed by atoms with E-state index in [-0.39, 0.29) is 48.8 Å². The first-order chi connectivity index (χ1) is 16.8. The van der Waals surface area contributed by atoms with Crippen LogP contribution in [0.5, 0.6) is 0 Å². The summed E-state index contributed by atoms with van der Waals surface area (Å²) in [6, 6.07) is 6.29. The third kappa shape index (κ3) is 5.50. The lowest BCUT2D eigenvalue weighted by Crippen LogP contribution is -2.59. The van der Waals surface area contributed by atoms with Crippen molar-refractivity contribution in [3.05, 3.63) is 35.6 Å². The molecule has 12 heteroatoms. The Morgan fingerprint density at radius 3 is 2.26 bits per heavy atom. The van der Waals surface area contributed by atoms with E-state index in [1.807, 2.05) is 0 Å². The van der Waals surface area contributed by atoms with Gasteiger partial charge in [-0.15, -0.1) is 0 Å². The van der Waals surface area contributed by atoms with Crippen molar-refractivity contribution in [2.75, 3.05) is 39.4 Å². The SMILES string of the molecule is O=C(OC1CCOC1)N1CCC(C(=O)NO)(C(N2CCC(c3ccc(F)cc3)CC2)=S(=O)=O)CC1. The van der Waals surface area contributed by atoms with Crippen molar-refractivity contribution in [2.45, 2.75) is 44.1 Å². The molecule has 0 spiro atoms. The molecule has 3 saturated heterocycles. The molecule has 0 aromatic heterocycles. The van der Waals surface area contributed by atoms with Crippen LogP contribution in [0.1, 0.15) is 43.6 Å². The van der Waals surface area contributed by atoms with Crippen molar-refractivity contribution in [1.29, 1.82) is 0 Å². The molecule has 0 radical (unpaired) electrons.